The standard InChI is InChI=1S/C14H26O4S/c1-3-4-5-6-7-10-19-11-13(2)14(16)18-9-8-17-12-15/h12-13H,3-11H2,1-2H3. The number of ether oxygens (including phenoxy) is 2. The van der Waals surface area contributed by atoms with Gasteiger partial charge >= 0.3 is 5.97 Å². The average Bonchev–Trinajstić information content (AvgIpc) is 2.42. The van der Waals surface area contributed by atoms with E-state index >= 15 is 0 Å². The molecule has 0 rings (SSSR count). The highest BCUT2D eigenvalue weighted by Gasteiger charge is 2.13. The highest BCUT2D eigenvalue weighted by atomic mass is 32.2. The molecule has 112 valence electrons. The van der Waals surface area contributed by atoms with Crippen LogP contribution in [0.5, 0.6) is 0 Å². The van der Waals surface area contributed by atoms with E-state index < -0.39 is 0 Å². The van der Waals surface area contributed by atoms with Gasteiger partial charge < -0.3 is 9.47 Å². The molecule has 0 fully saturated rings. The fourth-order valence-electron chi connectivity index (χ4n) is 1.52. The molecular weight excluding hydrogens is 264 g/mol. The lowest BCUT2D eigenvalue weighted by atomic mass is 10.2. The van der Waals surface area contributed by atoms with Crippen molar-refractivity contribution in [2.24, 2.45) is 5.92 Å². The first kappa shape index (κ1) is 18.3. The van der Waals surface area contributed by atoms with Crippen molar-refractivity contribution in [3.05, 3.63) is 0 Å². The number of hydrogen-bond acceptors (Lipinski definition) is 5. The predicted molar refractivity (Wildman–Crippen MR) is 78.2 cm³/mol. The molecule has 0 aromatic carbocycles. The molecule has 0 aromatic rings. The number of thioether (sulfide) groups is 1. The fourth-order valence-corrected chi connectivity index (χ4v) is 2.58. The van der Waals surface area contributed by atoms with Gasteiger partial charge in [-0.05, 0) is 12.2 Å². The Labute approximate surface area is 120 Å². The molecule has 0 saturated carbocycles. The van der Waals surface area contributed by atoms with Gasteiger partial charge in [0.2, 0.25) is 0 Å². The van der Waals surface area contributed by atoms with Crippen LogP contribution in [0.3, 0.4) is 0 Å². The molecule has 0 aromatic heterocycles. The summed E-state index contributed by atoms with van der Waals surface area (Å²) in [5, 5.41) is 0. The number of hydrogen-bond donors (Lipinski definition) is 0. The molecule has 0 amide bonds. The minimum Gasteiger partial charge on any atom is -0.464 e. The molecule has 4 nitrogen and oxygen atoms in total. The van der Waals surface area contributed by atoms with E-state index in [1.807, 2.05) is 6.92 Å². The topological polar surface area (TPSA) is 52.6 Å². The maximum Gasteiger partial charge on any atom is 0.309 e. The van der Waals surface area contributed by atoms with Gasteiger partial charge in [0.1, 0.15) is 13.2 Å². The van der Waals surface area contributed by atoms with Crippen LogP contribution >= 0.6 is 11.8 Å². The van der Waals surface area contributed by atoms with Crippen molar-refractivity contribution in [3.63, 3.8) is 0 Å². The molecule has 0 N–H and O–H groups in total. The summed E-state index contributed by atoms with van der Waals surface area (Å²) in [6.07, 6.45) is 6.40. The van der Waals surface area contributed by atoms with Crippen molar-refractivity contribution in [1.82, 2.24) is 0 Å². The van der Waals surface area contributed by atoms with E-state index in [2.05, 4.69) is 11.7 Å². The SMILES string of the molecule is CCCCCCCSCC(C)C(=O)OCCOC=O. The van der Waals surface area contributed by atoms with Crippen LogP contribution in [0.1, 0.15) is 46.0 Å². The van der Waals surface area contributed by atoms with Gasteiger partial charge in [-0.1, -0.05) is 39.5 Å². The maximum atomic E-state index is 11.5. The summed E-state index contributed by atoms with van der Waals surface area (Å²) in [6.45, 7) is 4.71. The molecule has 0 aliphatic heterocycles. The van der Waals surface area contributed by atoms with Crippen LogP contribution < -0.4 is 0 Å². The maximum absolute atomic E-state index is 11.5. The number of rotatable bonds is 13. The Balaban J connectivity index is 3.38. The largest absolute Gasteiger partial charge is 0.464 e. The number of carbonyl (C=O) groups is 2. The summed E-state index contributed by atoms with van der Waals surface area (Å²) >= 11 is 1.80. The summed E-state index contributed by atoms with van der Waals surface area (Å²) in [4.78, 5) is 21.4. The summed E-state index contributed by atoms with van der Waals surface area (Å²) in [7, 11) is 0. The first-order chi connectivity index (χ1) is 9.22. The van der Waals surface area contributed by atoms with Gasteiger partial charge in [0.25, 0.3) is 6.47 Å². The van der Waals surface area contributed by atoms with Gasteiger partial charge in [-0.3, -0.25) is 9.59 Å². The van der Waals surface area contributed by atoms with Crippen molar-refractivity contribution in [2.75, 3.05) is 24.7 Å². The lowest BCUT2D eigenvalue weighted by molar-refractivity contribution is -0.150. The Morgan fingerprint density at radius 3 is 2.63 bits per heavy atom. The monoisotopic (exact) mass is 290 g/mol. The van der Waals surface area contributed by atoms with Gasteiger partial charge in [-0.2, -0.15) is 11.8 Å². The van der Waals surface area contributed by atoms with E-state index in [0.29, 0.717) is 6.47 Å². The van der Waals surface area contributed by atoms with Gasteiger partial charge in [-0.15, -0.1) is 0 Å². The normalized spacial score (nSPS) is 11.9. The molecule has 19 heavy (non-hydrogen) atoms. The fraction of sp³-hybridized carbons (Fsp3) is 0.857. The van der Waals surface area contributed by atoms with Crippen molar-refractivity contribution >= 4 is 24.2 Å². The minimum atomic E-state index is -0.215. The molecule has 0 aliphatic rings. The van der Waals surface area contributed by atoms with Crippen LogP contribution in [-0.2, 0) is 19.1 Å². The second-order valence-corrected chi connectivity index (χ2v) is 5.67. The lowest BCUT2D eigenvalue weighted by Gasteiger charge is -2.10. The summed E-state index contributed by atoms with van der Waals surface area (Å²) in [5.41, 5.74) is 0. The first-order valence-electron chi connectivity index (χ1n) is 7.02. The zero-order chi connectivity index (χ0) is 14.3. The molecule has 0 saturated heterocycles. The van der Waals surface area contributed by atoms with Crippen LogP contribution in [0.25, 0.3) is 0 Å². The molecule has 0 heterocycles. The van der Waals surface area contributed by atoms with Crippen molar-refractivity contribution in [3.8, 4) is 0 Å². The van der Waals surface area contributed by atoms with Gasteiger partial charge in [0.15, 0.2) is 0 Å². The number of esters is 1. The van der Waals surface area contributed by atoms with Gasteiger partial charge in [-0.25, -0.2) is 0 Å². The van der Waals surface area contributed by atoms with Crippen LogP contribution in [0.2, 0.25) is 0 Å². The zero-order valence-corrected chi connectivity index (χ0v) is 12.9. The Kier molecular flexibility index (Phi) is 13.2. The summed E-state index contributed by atoms with van der Waals surface area (Å²) in [6, 6.07) is 0. The van der Waals surface area contributed by atoms with E-state index in [0.717, 1.165) is 11.5 Å². The van der Waals surface area contributed by atoms with Crippen LogP contribution in [0.15, 0.2) is 0 Å². The smallest absolute Gasteiger partial charge is 0.309 e. The predicted octanol–water partition coefficient (Wildman–Crippen LogP) is 3.04. The highest BCUT2D eigenvalue weighted by Crippen LogP contribution is 2.13. The lowest BCUT2D eigenvalue weighted by Crippen LogP contribution is -2.19. The van der Waals surface area contributed by atoms with E-state index in [9.17, 15) is 9.59 Å². The molecule has 5 heteroatoms. The van der Waals surface area contributed by atoms with Crippen LogP contribution in [-0.4, -0.2) is 37.2 Å². The third-order valence-electron chi connectivity index (χ3n) is 2.68. The summed E-state index contributed by atoms with van der Waals surface area (Å²) in [5.74, 6) is 1.58. The second kappa shape index (κ2) is 13.7. The number of carbonyl (C=O) groups excluding carboxylic acids is 2. The third kappa shape index (κ3) is 12.1. The van der Waals surface area contributed by atoms with Gasteiger partial charge in [0, 0.05) is 5.75 Å². The van der Waals surface area contributed by atoms with E-state index in [1.54, 1.807) is 11.8 Å². The van der Waals surface area contributed by atoms with Crippen LogP contribution in [0.4, 0.5) is 0 Å². The Bertz CT molecular complexity index is 233. The van der Waals surface area contributed by atoms with Crippen molar-refractivity contribution in [2.45, 2.75) is 46.0 Å². The number of unbranched alkanes of at least 4 members (excludes halogenated alkanes) is 4. The Morgan fingerprint density at radius 1 is 1.21 bits per heavy atom. The van der Waals surface area contributed by atoms with Gasteiger partial charge in [0.05, 0.1) is 5.92 Å². The molecule has 0 spiro atoms. The molecule has 1 atom stereocenters. The summed E-state index contributed by atoms with van der Waals surface area (Å²) < 4.78 is 9.43. The molecular formula is C14H26O4S. The quantitative estimate of drug-likeness (QED) is 0.296. The van der Waals surface area contributed by atoms with Crippen LogP contribution in [0, 0.1) is 5.92 Å². The zero-order valence-electron chi connectivity index (χ0n) is 12.1. The molecule has 0 aliphatic carbocycles. The van der Waals surface area contributed by atoms with Crippen molar-refractivity contribution < 1.29 is 19.1 Å². The molecule has 0 bridgehead atoms. The van der Waals surface area contributed by atoms with Crippen molar-refractivity contribution in [1.29, 1.82) is 0 Å². The van der Waals surface area contributed by atoms with E-state index in [1.165, 1.54) is 32.1 Å². The molecule has 1 unspecified atom stereocenters. The minimum absolute atomic E-state index is 0.100. The van der Waals surface area contributed by atoms with E-state index in [4.69, 9.17) is 4.74 Å². The average molecular weight is 290 g/mol. The Hall–Kier alpha value is -0.710. The highest BCUT2D eigenvalue weighted by molar-refractivity contribution is 7.99. The van der Waals surface area contributed by atoms with E-state index in [-0.39, 0.29) is 25.1 Å². The molecule has 0 radical (unpaired) electrons. The Morgan fingerprint density at radius 2 is 1.95 bits per heavy atom. The second-order valence-electron chi connectivity index (χ2n) is 4.52. The first-order valence-corrected chi connectivity index (χ1v) is 8.17. The third-order valence-corrected chi connectivity index (χ3v) is 3.99.